The Morgan fingerprint density at radius 2 is 2.16 bits per heavy atom. The van der Waals surface area contributed by atoms with Crippen LogP contribution in [-0.2, 0) is 0 Å². The molecule has 0 spiro atoms. The number of rotatable bonds is 7. The van der Waals surface area contributed by atoms with Gasteiger partial charge >= 0.3 is 0 Å². The number of piperidine rings is 1. The number of ether oxygens (including phenoxy) is 2. The lowest BCUT2D eigenvalue weighted by molar-refractivity contribution is 0.0903. The second kappa shape index (κ2) is 9.30. The van der Waals surface area contributed by atoms with Crippen LogP contribution in [0.3, 0.4) is 0 Å². The number of carbonyl (C=O) groups is 1. The molecule has 0 saturated carbocycles. The number of amides is 1. The van der Waals surface area contributed by atoms with E-state index in [4.69, 9.17) is 21.1 Å². The summed E-state index contributed by atoms with van der Waals surface area (Å²) in [5.41, 5.74) is 0.419. The molecule has 1 atom stereocenters. The van der Waals surface area contributed by atoms with Crippen LogP contribution in [0, 0.1) is 0 Å². The number of nitrogens with one attached hydrogen (secondary N) is 1. The Morgan fingerprint density at radius 3 is 2.80 bits per heavy atom. The fourth-order valence-electron chi connectivity index (χ4n) is 3.17. The van der Waals surface area contributed by atoms with Crippen LogP contribution in [-0.4, -0.2) is 49.7 Å². The number of benzene rings is 1. The SMILES string of the molecule is CCCN1CCC[C@H](NC(=O)c2cc(OC)c(OC(C)C)cc2Cl)C1. The molecule has 1 aliphatic rings. The zero-order valence-corrected chi connectivity index (χ0v) is 16.4. The van der Waals surface area contributed by atoms with Gasteiger partial charge in [-0.05, 0) is 52.3 Å². The molecule has 1 amide bonds. The highest BCUT2D eigenvalue weighted by atomic mass is 35.5. The Balaban J connectivity index is 2.10. The minimum absolute atomic E-state index is 0.00330. The van der Waals surface area contributed by atoms with E-state index in [1.165, 1.54) is 0 Å². The lowest BCUT2D eigenvalue weighted by Gasteiger charge is -2.33. The Morgan fingerprint density at radius 1 is 1.40 bits per heavy atom. The van der Waals surface area contributed by atoms with Crippen molar-refractivity contribution >= 4 is 17.5 Å². The highest BCUT2D eigenvalue weighted by Crippen LogP contribution is 2.34. The second-order valence-electron chi connectivity index (χ2n) is 6.76. The molecule has 25 heavy (non-hydrogen) atoms. The summed E-state index contributed by atoms with van der Waals surface area (Å²) < 4.78 is 11.1. The lowest BCUT2D eigenvalue weighted by Crippen LogP contribution is -2.47. The summed E-state index contributed by atoms with van der Waals surface area (Å²) in [6.45, 7) is 9.11. The number of carbonyl (C=O) groups excluding carboxylic acids is 1. The van der Waals surface area contributed by atoms with Crippen molar-refractivity contribution in [2.45, 2.75) is 52.2 Å². The molecular formula is C19H29ClN2O3. The van der Waals surface area contributed by atoms with Crippen LogP contribution in [0.1, 0.15) is 50.4 Å². The van der Waals surface area contributed by atoms with Gasteiger partial charge in [0, 0.05) is 18.7 Å². The van der Waals surface area contributed by atoms with Crippen LogP contribution in [0.25, 0.3) is 0 Å². The van der Waals surface area contributed by atoms with Crippen molar-refractivity contribution in [1.29, 1.82) is 0 Å². The largest absolute Gasteiger partial charge is 0.493 e. The molecule has 1 fully saturated rings. The molecule has 0 unspecified atom stereocenters. The zero-order chi connectivity index (χ0) is 18.4. The highest BCUT2D eigenvalue weighted by Gasteiger charge is 2.23. The van der Waals surface area contributed by atoms with Gasteiger partial charge in [-0.2, -0.15) is 0 Å². The first kappa shape index (κ1) is 19.9. The first-order valence-corrected chi connectivity index (χ1v) is 9.39. The summed E-state index contributed by atoms with van der Waals surface area (Å²) in [4.78, 5) is 15.1. The maximum absolute atomic E-state index is 12.7. The molecule has 2 rings (SSSR count). The average Bonchev–Trinajstić information content (AvgIpc) is 2.55. The van der Waals surface area contributed by atoms with Crippen molar-refractivity contribution in [3.63, 3.8) is 0 Å². The number of likely N-dealkylation sites (tertiary alicyclic amines) is 1. The molecule has 1 aromatic rings. The van der Waals surface area contributed by atoms with Gasteiger partial charge in [0.05, 0.1) is 23.8 Å². The lowest BCUT2D eigenvalue weighted by atomic mass is 10.0. The molecule has 0 radical (unpaired) electrons. The topological polar surface area (TPSA) is 50.8 Å². The average molecular weight is 369 g/mol. The predicted octanol–water partition coefficient (Wildman–Crippen LogP) is 3.74. The van der Waals surface area contributed by atoms with Gasteiger partial charge in [-0.15, -0.1) is 0 Å². The quantitative estimate of drug-likeness (QED) is 0.796. The Labute approximate surface area is 155 Å². The monoisotopic (exact) mass is 368 g/mol. The zero-order valence-electron chi connectivity index (χ0n) is 15.6. The van der Waals surface area contributed by atoms with Crippen molar-refractivity contribution in [3.8, 4) is 11.5 Å². The van der Waals surface area contributed by atoms with Crippen LogP contribution in [0.15, 0.2) is 12.1 Å². The fraction of sp³-hybridized carbons (Fsp3) is 0.632. The van der Waals surface area contributed by atoms with E-state index in [1.54, 1.807) is 19.2 Å². The van der Waals surface area contributed by atoms with E-state index < -0.39 is 0 Å². The number of hydrogen-bond donors (Lipinski definition) is 1. The predicted molar refractivity (Wildman–Crippen MR) is 101 cm³/mol. The maximum atomic E-state index is 12.7. The van der Waals surface area contributed by atoms with Crippen LogP contribution in [0.2, 0.25) is 5.02 Å². The van der Waals surface area contributed by atoms with Crippen molar-refractivity contribution in [1.82, 2.24) is 10.2 Å². The number of nitrogens with zero attached hydrogens (tertiary/aromatic N) is 1. The molecule has 5 nitrogen and oxygen atoms in total. The summed E-state index contributed by atoms with van der Waals surface area (Å²) in [5.74, 6) is 0.896. The summed E-state index contributed by atoms with van der Waals surface area (Å²) in [7, 11) is 1.56. The van der Waals surface area contributed by atoms with E-state index in [0.717, 1.165) is 38.9 Å². The summed E-state index contributed by atoms with van der Waals surface area (Å²) in [6, 6.07) is 3.46. The molecule has 1 saturated heterocycles. The Hall–Kier alpha value is -1.46. The summed E-state index contributed by atoms with van der Waals surface area (Å²) >= 11 is 6.33. The molecule has 1 heterocycles. The van der Waals surface area contributed by atoms with Crippen molar-refractivity contribution < 1.29 is 14.3 Å². The van der Waals surface area contributed by atoms with Crippen LogP contribution < -0.4 is 14.8 Å². The van der Waals surface area contributed by atoms with E-state index in [9.17, 15) is 4.79 Å². The minimum atomic E-state index is -0.164. The molecule has 1 aliphatic heterocycles. The number of halogens is 1. The number of hydrogen-bond acceptors (Lipinski definition) is 4. The van der Waals surface area contributed by atoms with Gasteiger partial charge in [-0.1, -0.05) is 18.5 Å². The van der Waals surface area contributed by atoms with Gasteiger partial charge in [-0.25, -0.2) is 0 Å². The second-order valence-corrected chi connectivity index (χ2v) is 7.17. The van der Waals surface area contributed by atoms with E-state index >= 15 is 0 Å². The smallest absolute Gasteiger partial charge is 0.253 e. The van der Waals surface area contributed by atoms with Crippen molar-refractivity contribution in [2.24, 2.45) is 0 Å². The molecule has 6 heteroatoms. The van der Waals surface area contributed by atoms with Gasteiger partial charge < -0.3 is 19.7 Å². The van der Waals surface area contributed by atoms with E-state index in [1.807, 2.05) is 13.8 Å². The van der Waals surface area contributed by atoms with E-state index in [0.29, 0.717) is 22.1 Å². The minimum Gasteiger partial charge on any atom is -0.493 e. The van der Waals surface area contributed by atoms with Crippen LogP contribution in [0.4, 0.5) is 0 Å². The summed E-state index contributed by atoms with van der Waals surface area (Å²) in [5, 5.41) is 3.49. The normalized spacial score (nSPS) is 18.2. The first-order valence-electron chi connectivity index (χ1n) is 9.02. The van der Waals surface area contributed by atoms with Crippen molar-refractivity contribution in [2.75, 3.05) is 26.7 Å². The number of methoxy groups -OCH3 is 1. The molecule has 1 N–H and O–H groups in total. The molecular weight excluding hydrogens is 340 g/mol. The van der Waals surface area contributed by atoms with Crippen LogP contribution in [0.5, 0.6) is 11.5 Å². The van der Waals surface area contributed by atoms with Gasteiger partial charge in [0.15, 0.2) is 11.5 Å². The molecule has 0 aliphatic carbocycles. The third-order valence-corrected chi connectivity index (χ3v) is 4.55. The third kappa shape index (κ3) is 5.51. The maximum Gasteiger partial charge on any atom is 0.253 e. The van der Waals surface area contributed by atoms with E-state index in [-0.39, 0.29) is 18.1 Å². The first-order chi connectivity index (χ1) is 11.9. The van der Waals surface area contributed by atoms with Gasteiger partial charge in [0.25, 0.3) is 5.91 Å². The Bertz CT molecular complexity index is 590. The van der Waals surface area contributed by atoms with Gasteiger partial charge in [0.1, 0.15) is 0 Å². The van der Waals surface area contributed by atoms with E-state index in [2.05, 4.69) is 17.1 Å². The summed E-state index contributed by atoms with van der Waals surface area (Å²) in [6.07, 6.45) is 3.22. The molecule has 0 bridgehead atoms. The molecule has 140 valence electrons. The third-order valence-electron chi connectivity index (χ3n) is 4.24. The van der Waals surface area contributed by atoms with Crippen molar-refractivity contribution in [3.05, 3.63) is 22.7 Å². The highest BCUT2D eigenvalue weighted by molar-refractivity contribution is 6.34. The fourth-order valence-corrected chi connectivity index (χ4v) is 3.41. The van der Waals surface area contributed by atoms with Gasteiger partial charge in [0.2, 0.25) is 0 Å². The van der Waals surface area contributed by atoms with Gasteiger partial charge in [-0.3, -0.25) is 4.79 Å². The molecule has 0 aromatic heterocycles. The van der Waals surface area contributed by atoms with Crippen LogP contribution >= 0.6 is 11.6 Å². The Kier molecular flexibility index (Phi) is 7.38. The molecule has 1 aromatic carbocycles. The standard InChI is InChI=1S/C19H29ClN2O3/c1-5-8-22-9-6-7-14(12-22)21-19(23)15-10-17(24-4)18(11-16(15)20)25-13(2)3/h10-11,13-14H,5-9,12H2,1-4H3,(H,21,23)/t14-/m0/s1.